The van der Waals surface area contributed by atoms with Crippen LogP contribution < -0.4 is 26.2 Å². The molecule has 2 aliphatic heterocycles. The Bertz CT molecular complexity index is 3110. The molecule has 53 heavy (non-hydrogen) atoms. The number of hydrogen-bond donors (Lipinski definition) is 0. The van der Waals surface area contributed by atoms with Gasteiger partial charge in [-0.1, -0.05) is 115 Å². The molecule has 12 rings (SSSR count). The Morgan fingerprint density at radius 1 is 0.358 bits per heavy atom. The minimum absolute atomic E-state index is 0.0227. The quantitative estimate of drug-likeness (QED) is 0.174. The van der Waals surface area contributed by atoms with Crippen molar-refractivity contribution in [2.45, 2.75) is 0 Å². The van der Waals surface area contributed by atoms with Crippen LogP contribution in [-0.2, 0) is 0 Å². The predicted octanol–water partition coefficient (Wildman–Crippen LogP) is 11.2. The standard InChI is InChI=1S/C48H29BN2O2/c1-2-13-30(14-3-1)31-27-42-47-43(28-31)51(41-22-12-17-36-34-16-5-11-24-45(34)53-48(36)41)40-21-9-7-19-38(40)49(47)37-18-6-8-20-39(37)50(42)32-25-26-35-33-15-4-10-23-44(33)52-46(35)29-32/h1-29H. The molecule has 2 aliphatic rings. The van der Waals surface area contributed by atoms with Crippen molar-refractivity contribution in [3.63, 3.8) is 0 Å². The molecule has 246 valence electrons. The zero-order valence-electron chi connectivity index (χ0n) is 28.5. The van der Waals surface area contributed by atoms with Gasteiger partial charge in [-0.05, 0) is 82.1 Å². The Hall–Kier alpha value is -6.98. The van der Waals surface area contributed by atoms with E-state index in [1.165, 1.54) is 22.1 Å². The highest BCUT2D eigenvalue weighted by Gasteiger charge is 2.44. The van der Waals surface area contributed by atoms with Crippen molar-refractivity contribution in [1.82, 2.24) is 0 Å². The van der Waals surface area contributed by atoms with Crippen molar-refractivity contribution in [2.24, 2.45) is 0 Å². The molecule has 0 fully saturated rings. The highest BCUT2D eigenvalue weighted by Crippen LogP contribution is 2.48. The van der Waals surface area contributed by atoms with Crippen LogP contribution >= 0.6 is 0 Å². The van der Waals surface area contributed by atoms with Gasteiger partial charge in [0.25, 0.3) is 6.71 Å². The number of furan rings is 2. The Balaban J connectivity index is 1.19. The summed E-state index contributed by atoms with van der Waals surface area (Å²) >= 11 is 0. The van der Waals surface area contributed by atoms with Crippen molar-refractivity contribution in [1.29, 1.82) is 0 Å². The summed E-state index contributed by atoms with van der Waals surface area (Å²) < 4.78 is 13.2. The molecule has 0 aliphatic carbocycles. The van der Waals surface area contributed by atoms with Gasteiger partial charge in [-0.25, -0.2) is 0 Å². The second-order valence-electron chi connectivity index (χ2n) is 14.0. The van der Waals surface area contributed by atoms with E-state index in [1.54, 1.807) is 0 Å². The van der Waals surface area contributed by atoms with E-state index in [-0.39, 0.29) is 6.71 Å². The molecule has 10 aromatic rings. The van der Waals surface area contributed by atoms with Gasteiger partial charge in [0.05, 0.1) is 5.69 Å². The minimum atomic E-state index is 0.0227. The van der Waals surface area contributed by atoms with Gasteiger partial charge >= 0.3 is 0 Å². The van der Waals surface area contributed by atoms with Crippen LogP contribution in [0.3, 0.4) is 0 Å². The third-order valence-corrected chi connectivity index (χ3v) is 11.2. The maximum Gasteiger partial charge on any atom is 0.252 e. The third-order valence-electron chi connectivity index (χ3n) is 11.2. The molecule has 8 aromatic carbocycles. The lowest BCUT2D eigenvalue weighted by Crippen LogP contribution is -2.61. The number of nitrogens with zero attached hydrogens (tertiary/aromatic N) is 2. The Kier molecular flexibility index (Phi) is 5.83. The van der Waals surface area contributed by atoms with E-state index < -0.39 is 0 Å². The molecule has 2 aromatic heterocycles. The van der Waals surface area contributed by atoms with E-state index in [0.717, 1.165) is 83.4 Å². The van der Waals surface area contributed by atoms with Crippen molar-refractivity contribution in [3.8, 4) is 11.1 Å². The molecular formula is C48H29BN2O2. The molecule has 5 heteroatoms. The van der Waals surface area contributed by atoms with E-state index in [0.29, 0.717) is 0 Å². The van der Waals surface area contributed by atoms with Crippen LogP contribution in [0.2, 0.25) is 0 Å². The molecule has 0 N–H and O–H groups in total. The molecule has 0 unspecified atom stereocenters. The summed E-state index contributed by atoms with van der Waals surface area (Å²) in [5.74, 6) is 0. The van der Waals surface area contributed by atoms with E-state index in [4.69, 9.17) is 8.83 Å². The molecule has 0 saturated heterocycles. The first-order chi connectivity index (χ1) is 26.3. The Morgan fingerprint density at radius 2 is 0.925 bits per heavy atom. The first kappa shape index (κ1) is 28.7. The van der Waals surface area contributed by atoms with Crippen LogP contribution in [0.25, 0.3) is 55.0 Å². The zero-order valence-corrected chi connectivity index (χ0v) is 28.5. The fourth-order valence-electron chi connectivity index (χ4n) is 8.99. The Morgan fingerprint density at radius 3 is 1.70 bits per heavy atom. The smallest absolute Gasteiger partial charge is 0.252 e. The summed E-state index contributed by atoms with van der Waals surface area (Å²) in [5.41, 5.74) is 16.3. The molecule has 0 bridgehead atoms. The summed E-state index contributed by atoms with van der Waals surface area (Å²) in [7, 11) is 0. The van der Waals surface area contributed by atoms with Crippen molar-refractivity contribution in [3.05, 3.63) is 176 Å². The summed E-state index contributed by atoms with van der Waals surface area (Å²) in [6, 6.07) is 63.1. The summed E-state index contributed by atoms with van der Waals surface area (Å²) in [4.78, 5) is 4.88. The molecule has 0 atom stereocenters. The van der Waals surface area contributed by atoms with Gasteiger partial charge in [-0.15, -0.1) is 0 Å². The number of fused-ring (bicyclic) bond motifs is 10. The van der Waals surface area contributed by atoms with E-state index in [9.17, 15) is 0 Å². The van der Waals surface area contributed by atoms with Crippen LogP contribution in [0, 0.1) is 0 Å². The number of benzene rings is 8. The van der Waals surface area contributed by atoms with E-state index in [2.05, 4.69) is 168 Å². The molecule has 0 saturated carbocycles. The van der Waals surface area contributed by atoms with Gasteiger partial charge in [-0.3, -0.25) is 0 Å². The monoisotopic (exact) mass is 676 g/mol. The lowest BCUT2D eigenvalue weighted by Gasteiger charge is -2.44. The maximum atomic E-state index is 6.73. The van der Waals surface area contributed by atoms with Gasteiger partial charge in [0, 0.05) is 56.0 Å². The number of para-hydroxylation sites is 5. The lowest BCUT2D eigenvalue weighted by molar-refractivity contribution is 0.668. The number of rotatable bonds is 3. The predicted molar refractivity (Wildman–Crippen MR) is 220 cm³/mol. The summed E-state index contributed by atoms with van der Waals surface area (Å²) in [6.45, 7) is 0.0227. The zero-order chi connectivity index (χ0) is 34.6. The second kappa shape index (κ2) is 10.8. The van der Waals surface area contributed by atoms with Crippen LogP contribution in [0.5, 0.6) is 0 Å². The Labute approximate surface area is 305 Å². The lowest BCUT2D eigenvalue weighted by atomic mass is 9.33. The topological polar surface area (TPSA) is 32.8 Å². The molecule has 0 amide bonds. The fraction of sp³-hybridized carbons (Fsp3) is 0. The first-order valence-electron chi connectivity index (χ1n) is 18.1. The van der Waals surface area contributed by atoms with Crippen LogP contribution in [0.15, 0.2) is 185 Å². The van der Waals surface area contributed by atoms with Gasteiger partial charge in [0.2, 0.25) is 0 Å². The SMILES string of the molecule is c1ccc(-c2cc3c4c(c2)N(c2cccc5c2oc2ccccc25)c2ccccc2B4c2ccccc2N3c2ccc3c(c2)oc2ccccc23)cc1. The average Bonchev–Trinajstić information content (AvgIpc) is 3.79. The van der Waals surface area contributed by atoms with Crippen LogP contribution in [-0.4, -0.2) is 6.71 Å². The fourth-order valence-corrected chi connectivity index (χ4v) is 8.99. The largest absolute Gasteiger partial charge is 0.456 e. The number of anilines is 6. The summed E-state index contributed by atoms with van der Waals surface area (Å²) in [6.07, 6.45) is 0. The van der Waals surface area contributed by atoms with Crippen molar-refractivity contribution < 1.29 is 8.83 Å². The first-order valence-corrected chi connectivity index (χ1v) is 18.1. The minimum Gasteiger partial charge on any atom is -0.456 e. The van der Waals surface area contributed by atoms with Gasteiger partial charge in [0.15, 0.2) is 5.58 Å². The van der Waals surface area contributed by atoms with Crippen molar-refractivity contribution >= 4 is 101 Å². The van der Waals surface area contributed by atoms with E-state index in [1.807, 2.05) is 18.2 Å². The van der Waals surface area contributed by atoms with Crippen LogP contribution in [0.4, 0.5) is 34.1 Å². The normalized spacial score (nSPS) is 13.2. The van der Waals surface area contributed by atoms with Gasteiger partial charge in [-0.2, -0.15) is 0 Å². The molecule has 4 nitrogen and oxygen atoms in total. The molecule has 0 spiro atoms. The third kappa shape index (κ3) is 4.02. The molecule has 4 heterocycles. The average molecular weight is 677 g/mol. The maximum absolute atomic E-state index is 6.73. The van der Waals surface area contributed by atoms with Crippen LogP contribution in [0.1, 0.15) is 0 Å². The highest BCUT2D eigenvalue weighted by atomic mass is 16.3. The van der Waals surface area contributed by atoms with Crippen molar-refractivity contribution in [2.75, 3.05) is 9.80 Å². The molecule has 0 radical (unpaired) electrons. The van der Waals surface area contributed by atoms with Gasteiger partial charge in [0.1, 0.15) is 16.7 Å². The highest BCUT2D eigenvalue weighted by molar-refractivity contribution is 7.00. The molecular weight excluding hydrogens is 647 g/mol. The second-order valence-corrected chi connectivity index (χ2v) is 14.0. The van der Waals surface area contributed by atoms with E-state index >= 15 is 0 Å². The summed E-state index contributed by atoms with van der Waals surface area (Å²) in [5, 5.41) is 4.47. The van der Waals surface area contributed by atoms with Gasteiger partial charge < -0.3 is 18.6 Å². The number of hydrogen-bond acceptors (Lipinski definition) is 4.